The fourth-order valence-corrected chi connectivity index (χ4v) is 2.73. The van der Waals surface area contributed by atoms with Crippen molar-refractivity contribution < 1.29 is 9.53 Å². The van der Waals surface area contributed by atoms with Crippen molar-refractivity contribution in [2.24, 2.45) is 0 Å². The van der Waals surface area contributed by atoms with Gasteiger partial charge in [0.25, 0.3) is 5.91 Å². The Morgan fingerprint density at radius 2 is 1.78 bits per heavy atom. The zero-order valence-corrected chi connectivity index (χ0v) is 14.3. The SMILES string of the molecule is CCOc1ccc(C(=O)N[C@@H](CC)c2ccc(C)cc2C)cc1. The predicted octanol–water partition coefficient (Wildman–Crippen LogP) is 4.58. The molecule has 0 aliphatic rings. The van der Waals surface area contributed by atoms with Gasteiger partial charge in [0.1, 0.15) is 5.75 Å². The van der Waals surface area contributed by atoms with E-state index in [9.17, 15) is 4.79 Å². The molecule has 23 heavy (non-hydrogen) atoms. The zero-order valence-electron chi connectivity index (χ0n) is 14.3. The molecule has 3 heteroatoms. The summed E-state index contributed by atoms with van der Waals surface area (Å²) < 4.78 is 5.41. The first-order valence-corrected chi connectivity index (χ1v) is 8.16. The molecular weight excluding hydrogens is 286 g/mol. The van der Waals surface area contributed by atoms with Crippen LogP contribution in [0.1, 0.15) is 53.4 Å². The van der Waals surface area contributed by atoms with Crippen LogP contribution in [-0.4, -0.2) is 12.5 Å². The minimum atomic E-state index is -0.0557. The summed E-state index contributed by atoms with van der Waals surface area (Å²) in [6.45, 7) is 8.82. The van der Waals surface area contributed by atoms with E-state index in [2.05, 4.69) is 44.3 Å². The van der Waals surface area contributed by atoms with E-state index in [0.717, 1.165) is 12.2 Å². The van der Waals surface area contributed by atoms with Gasteiger partial charge in [-0.3, -0.25) is 4.79 Å². The summed E-state index contributed by atoms with van der Waals surface area (Å²) >= 11 is 0. The van der Waals surface area contributed by atoms with Crippen molar-refractivity contribution >= 4 is 5.91 Å². The first-order valence-electron chi connectivity index (χ1n) is 8.16. The lowest BCUT2D eigenvalue weighted by Crippen LogP contribution is -2.28. The van der Waals surface area contributed by atoms with Crippen LogP contribution in [0.2, 0.25) is 0 Å². The van der Waals surface area contributed by atoms with E-state index < -0.39 is 0 Å². The summed E-state index contributed by atoms with van der Waals surface area (Å²) in [5, 5.41) is 3.13. The van der Waals surface area contributed by atoms with Crippen LogP contribution in [0.15, 0.2) is 42.5 Å². The van der Waals surface area contributed by atoms with Crippen LogP contribution < -0.4 is 10.1 Å². The van der Waals surface area contributed by atoms with Crippen LogP contribution in [-0.2, 0) is 0 Å². The highest BCUT2D eigenvalue weighted by atomic mass is 16.5. The molecule has 0 fully saturated rings. The average molecular weight is 311 g/mol. The monoisotopic (exact) mass is 311 g/mol. The Morgan fingerprint density at radius 1 is 1.09 bits per heavy atom. The number of hydrogen-bond donors (Lipinski definition) is 1. The van der Waals surface area contributed by atoms with E-state index in [0.29, 0.717) is 12.2 Å². The van der Waals surface area contributed by atoms with Crippen LogP contribution >= 0.6 is 0 Å². The number of carbonyl (C=O) groups is 1. The molecule has 3 nitrogen and oxygen atoms in total. The van der Waals surface area contributed by atoms with Gasteiger partial charge in [-0.15, -0.1) is 0 Å². The van der Waals surface area contributed by atoms with E-state index in [-0.39, 0.29) is 11.9 Å². The molecule has 0 unspecified atom stereocenters. The number of carbonyl (C=O) groups excluding carboxylic acids is 1. The largest absolute Gasteiger partial charge is 0.494 e. The van der Waals surface area contributed by atoms with Gasteiger partial charge in [0.15, 0.2) is 0 Å². The molecule has 122 valence electrons. The molecule has 0 bridgehead atoms. The lowest BCUT2D eigenvalue weighted by atomic mass is 9.97. The smallest absolute Gasteiger partial charge is 0.251 e. The van der Waals surface area contributed by atoms with Gasteiger partial charge >= 0.3 is 0 Å². The van der Waals surface area contributed by atoms with Crippen molar-refractivity contribution in [1.29, 1.82) is 0 Å². The first kappa shape index (κ1) is 17.1. The third-order valence-corrected chi connectivity index (χ3v) is 3.94. The fraction of sp³-hybridized carbons (Fsp3) is 0.350. The molecule has 0 saturated carbocycles. The molecule has 2 aromatic rings. The van der Waals surface area contributed by atoms with E-state index >= 15 is 0 Å². The summed E-state index contributed by atoms with van der Waals surface area (Å²) in [6, 6.07) is 13.6. The summed E-state index contributed by atoms with van der Waals surface area (Å²) in [6.07, 6.45) is 0.854. The molecule has 0 aliphatic carbocycles. The van der Waals surface area contributed by atoms with Gasteiger partial charge in [-0.25, -0.2) is 0 Å². The maximum Gasteiger partial charge on any atom is 0.251 e. The number of amides is 1. The minimum absolute atomic E-state index is 0.0228. The Bertz CT molecular complexity index is 662. The highest BCUT2D eigenvalue weighted by molar-refractivity contribution is 5.94. The molecule has 1 amide bonds. The molecule has 2 aromatic carbocycles. The molecule has 0 saturated heterocycles. The van der Waals surface area contributed by atoms with Crippen LogP contribution in [0, 0.1) is 13.8 Å². The van der Waals surface area contributed by atoms with Crippen molar-refractivity contribution in [1.82, 2.24) is 5.32 Å². The average Bonchev–Trinajstić information content (AvgIpc) is 2.54. The van der Waals surface area contributed by atoms with Crippen LogP contribution in [0.4, 0.5) is 0 Å². The Kier molecular flexibility index (Phi) is 5.80. The van der Waals surface area contributed by atoms with Crippen molar-refractivity contribution in [3.63, 3.8) is 0 Å². The Balaban J connectivity index is 2.13. The minimum Gasteiger partial charge on any atom is -0.494 e. The molecule has 0 aliphatic heterocycles. The van der Waals surface area contributed by atoms with E-state index in [1.807, 2.05) is 19.1 Å². The zero-order chi connectivity index (χ0) is 16.8. The molecule has 0 spiro atoms. The van der Waals surface area contributed by atoms with Gasteiger partial charge in [-0.2, -0.15) is 0 Å². The number of hydrogen-bond acceptors (Lipinski definition) is 2. The number of nitrogens with one attached hydrogen (secondary N) is 1. The van der Waals surface area contributed by atoms with Gasteiger partial charge in [0, 0.05) is 5.56 Å². The third kappa shape index (κ3) is 4.35. The van der Waals surface area contributed by atoms with Crippen LogP contribution in [0.25, 0.3) is 0 Å². The quantitative estimate of drug-likeness (QED) is 0.847. The third-order valence-electron chi connectivity index (χ3n) is 3.94. The lowest BCUT2D eigenvalue weighted by molar-refractivity contribution is 0.0935. The Morgan fingerprint density at radius 3 is 2.35 bits per heavy atom. The van der Waals surface area contributed by atoms with Crippen molar-refractivity contribution in [3.8, 4) is 5.75 Å². The van der Waals surface area contributed by atoms with E-state index in [1.165, 1.54) is 16.7 Å². The second-order valence-electron chi connectivity index (χ2n) is 5.75. The lowest BCUT2D eigenvalue weighted by Gasteiger charge is -2.20. The van der Waals surface area contributed by atoms with Gasteiger partial charge < -0.3 is 10.1 Å². The van der Waals surface area contributed by atoms with Crippen molar-refractivity contribution in [2.45, 2.75) is 40.2 Å². The van der Waals surface area contributed by atoms with Crippen LogP contribution in [0.3, 0.4) is 0 Å². The summed E-state index contributed by atoms with van der Waals surface area (Å²) in [5.74, 6) is 0.727. The van der Waals surface area contributed by atoms with Crippen molar-refractivity contribution in [3.05, 3.63) is 64.7 Å². The van der Waals surface area contributed by atoms with Crippen molar-refractivity contribution in [2.75, 3.05) is 6.61 Å². The number of aryl methyl sites for hydroxylation is 2. The Hall–Kier alpha value is -2.29. The van der Waals surface area contributed by atoms with E-state index in [4.69, 9.17) is 4.74 Å². The highest BCUT2D eigenvalue weighted by Crippen LogP contribution is 2.22. The van der Waals surface area contributed by atoms with Gasteiger partial charge in [0.2, 0.25) is 0 Å². The summed E-state index contributed by atoms with van der Waals surface area (Å²) in [7, 11) is 0. The maximum atomic E-state index is 12.5. The molecule has 1 atom stereocenters. The Labute approximate surface area is 138 Å². The molecule has 0 radical (unpaired) electrons. The topological polar surface area (TPSA) is 38.3 Å². The van der Waals surface area contributed by atoms with Crippen LogP contribution in [0.5, 0.6) is 5.75 Å². The fourth-order valence-electron chi connectivity index (χ4n) is 2.73. The predicted molar refractivity (Wildman–Crippen MR) is 94.0 cm³/mol. The first-order chi connectivity index (χ1) is 11.0. The summed E-state index contributed by atoms with van der Waals surface area (Å²) in [4.78, 5) is 12.5. The molecule has 0 heterocycles. The second kappa shape index (κ2) is 7.82. The number of rotatable bonds is 6. The van der Waals surface area contributed by atoms with Gasteiger partial charge in [-0.1, -0.05) is 30.7 Å². The number of ether oxygens (including phenoxy) is 1. The highest BCUT2D eigenvalue weighted by Gasteiger charge is 2.16. The van der Waals surface area contributed by atoms with Gasteiger partial charge in [0.05, 0.1) is 12.6 Å². The summed E-state index contributed by atoms with van der Waals surface area (Å²) in [5.41, 5.74) is 4.27. The normalized spacial score (nSPS) is 11.8. The van der Waals surface area contributed by atoms with Gasteiger partial charge in [-0.05, 0) is 62.6 Å². The molecular formula is C20H25NO2. The molecule has 2 rings (SSSR count). The second-order valence-corrected chi connectivity index (χ2v) is 5.75. The molecule has 1 N–H and O–H groups in total. The van der Waals surface area contributed by atoms with E-state index in [1.54, 1.807) is 12.1 Å². The maximum absolute atomic E-state index is 12.5. The standard InChI is InChI=1S/C20H25NO2/c1-5-19(18-12-7-14(3)13-15(18)4)21-20(22)16-8-10-17(11-9-16)23-6-2/h7-13,19H,5-6H2,1-4H3,(H,21,22)/t19-/m0/s1. The number of benzene rings is 2. The molecule has 0 aromatic heterocycles.